The van der Waals surface area contributed by atoms with E-state index in [1.165, 1.54) is 6.07 Å². The van der Waals surface area contributed by atoms with Gasteiger partial charge in [-0.1, -0.05) is 49.4 Å². The summed E-state index contributed by atoms with van der Waals surface area (Å²) in [7, 11) is 1.68. The Labute approximate surface area is 184 Å². The van der Waals surface area contributed by atoms with E-state index in [0.29, 0.717) is 26.2 Å². The molecule has 164 valence electrons. The minimum atomic E-state index is -0.240. The van der Waals surface area contributed by atoms with Crippen molar-refractivity contribution in [3.63, 3.8) is 0 Å². The molecule has 31 heavy (non-hydrogen) atoms. The molecule has 0 spiro atoms. The van der Waals surface area contributed by atoms with Crippen LogP contribution >= 0.6 is 0 Å². The van der Waals surface area contributed by atoms with E-state index in [1.807, 2.05) is 59.6 Å². The maximum atomic E-state index is 13.6. The zero-order valence-electron chi connectivity index (χ0n) is 18.3. The number of halogens is 1. The molecule has 4 nitrogen and oxygen atoms in total. The van der Waals surface area contributed by atoms with Gasteiger partial charge in [-0.2, -0.15) is 0 Å². The third-order valence-corrected chi connectivity index (χ3v) is 5.51. The quantitative estimate of drug-likeness (QED) is 0.396. The highest BCUT2D eigenvalue weighted by molar-refractivity contribution is 5.83. The third-order valence-electron chi connectivity index (χ3n) is 5.51. The first-order valence-electron chi connectivity index (χ1n) is 10.8. The molecule has 1 aromatic heterocycles. The van der Waals surface area contributed by atoms with Crippen LogP contribution in [0.15, 0.2) is 72.9 Å². The fraction of sp³-hybridized carbons (Fsp3) is 0.346. The van der Waals surface area contributed by atoms with E-state index >= 15 is 0 Å². The number of carbonyl (C=O) groups excluding carboxylic acids is 1. The van der Waals surface area contributed by atoms with Crippen LogP contribution < -0.4 is 0 Å². The molecule has 0 N–H and O–H groups in total. The smallest absolute Gasteiger partial charge is 0.230 e. The Balaban J connectivity index is 1.80. The monoisotopic (exact) mass is 422 g/mol. The summed E-state index contributed by atoms with van der Waals surface area (Å²) in [5.41, 5.74) is 2.96. The van der Waals surface area contributed by atoms with Gasteiger partial charge in [-0.15, -0.1) is 0 Å². The number of benzene rings is 2. The molecule has 1 amide bonds. The minimum Gasteiger partial charge on any atom is -0.385 e. The second-order valence-electron chi connectivity index (χ2n) is 7.74. The van der Waals surface area contributed by atoms with Crippen LogP contribution in [0, 0.1) is 5.82 Å². The van der Waals surface area contributed by atoms with Gasteiger partial charge in [0.25, 0.3) is 0 Å². The highest BCUT2D eigenvalue weighted by Crippen LogP contribution is 2.23. The van der Waals surface area contributed by atoms with Gasteiger partial charge < -0.3 is 14.2 Å². The molecule has 3 rings (SSSR count). The number of rotatable bonds is 11. The van der Waals surface area contributed by atoms with Crippen LogP contribution in [0.3, 0.4) is 0 Å². The van der Waals surface area contributed by atoms with Gasteiger partial charge in [-0.25, -0.2) is 4.39 Å². The van der Waals surface area contributed by atoms with Crippen LogP contribution in [0.2, 0.25) is 0 Å². The van der Waals surface area contributed by atoms with Gasteiger partial charge in [0.2, 0.25) is 5.91 Å². The van der Waals surface area contributed by atoms with Crippen LogP contribution in [0.5, 0.6) is 0 Å². The number of aromatic nitrogens is 1. The van der Waals surface area contributed by atoms with Gasteiger partial charge >= 0.3 is 0 Å². The molecule has 1 heterocycles. The van der Waals surface area contributed by atoms with Crippen molar-refractivity contribution in [2.45, 2.75) is 38.8 Å². The van der Waals surface area contributed by atoms with Gasteiger partial charge in [-0.3, -0.25) is 4.79 Å². The number of methoxy groups -OCH3 is 1. The Kier molecular flexibility index (Phi) is 8.42. The predicted molar refractivity (Wildman–Crippen MR) is 121 cm³/mol. The first-order chi connectivity index (χ1) is 15.1. The van der Waals surface area contributed by atoms with Crippen molar-refractivity contribution in [2.75, 3.05) is 20.3 Å². The van der Waals surface area contributed by atoms with Gasteiger partial charge in [0.05, 0.1) is 12.5 Å². The molecule has 3 aromatic rings. The maximum absolute atomic E-state index is 13.6. The van der Waals surface area contributed by atoms with Crippen molar-refractivity contribution < 1.29 is 13.9 Å². The number of hydrogen-bond donors (Lipinski definition) is 0. The van der Waals surface area contributed by atoms with Crippen molar-refractivity contribution in [1.82, 2.24) is 9.47 Å². The maximum Gasteiger partial charge on any atom is 0.230 e. The predicted octanol–water partition coefficient (Wildman–Crippen LogP) is 5.23. The fourth-order valence-corrected chi connectivity index (χ4v) is 3.90. The lowest BCUT2D eigenvalue weighted by Gasteiger charge is -2.28. The summed E-state index contributed by atoms with van der Waals surface area (Å²) in [6, 6.07) is 20.6. The Morgan fingerprint density at radius 1 is 1.10 bits per heavy atom. The zero-order valence-corrected chi connectivity index (χ0v) is 18.3. The molecule has 0 saturated carbocycles. The second-order valence-corrected chi connectivity index (χ2v) is 7.74. The standard InChI is InChI=1S/C26H31FN2O2/c1-3-25(22-11-5-4-6-12-22)26(30)29(16-9-17-31-2)20-24-14-8-15-28(24)19-21-10-7-13-23(27)18-21/h4-8,10-15,18,25H,3,9,16-17,19-20H2,1-2H3/t25-/m1/s1. The lowest BCUT2D eigenvalue weighted by molar-refractivity contribution is -0.133. The fourth-order valence-electron chi connectivity index (χ4n) is 3.90. The van der Waals surface area contributed by atoms with Gasteiger partial charge in [0.1, 0.15) is 5.82 Å². The van der Waals surface area contributed by atoms with E-state index in [-0.39, 0.29) is 17.6 Å². The molecular weight excluding hydrogens is 391 g/mol. The number of amides is 1. The average Bonchev–Trinajstić information content (AvgIpc) is 3.21. The van der Waals surface area contributed by atoms with Gasteiger partial charge in [-0.05, 0) is 48.2 Å². The Morgan fingerprint density at radius 2 is 1.90 bits per heavy atom. The molecule has 0 aliphatic heterocycles. The van der Waals surface area contributed by atoms with E-state index in [4.69, 9.17) is 4.74 Å². The average molecular weight is 423 g/mol. The van der Waals surface area contributed by atoms with Crippen LogP contribution in [-0.4, -0.2) is 35.6 Å². The summed E-state index contributed by atoms with van der Waals surface area (Å²) < 4.78 is 20.9. The largest absolute Gasteiger partial charge is 0.385 e. The number of ether oxygens (including phenoxy) is 1. The molecule has 5 heteroatoms. The first kappa shape index (κ1) is 22.8. The van der Waals surface area contributed by atoms with Crippen molar-refractivity contribution in [1.29, 1.82) is 0 Å². The topological polar surface area (TPSA) is 34.5 Å². The summed E-state index contributed by atoms with van der Waals surface area (Å²) in [5, 5.41) is 0. The Morgan fingerprint density at radius 3 is 2.61 bits per heavy atom. The normalized spacial score (nSPS) is 12.0. The summed E-state index contributed by atoms with van der Waals surface area (Å²) in [5.74, 6) is -0.282. The summed E-state index contributed by atoms with van der Waals surface area (Å²) >= 11 is 0. The van der Waals surface area contributed by atoms with Crippen LogP contribution in [0.25, 0.3) is 0 Å². The highest BCUT2D eigenvalue weighted by Gasteiger charge is 2.25. The summed E-state index contributed by atoms with van der Waals surface area (Å²) in [4.78, 5) is 15.5. The van der Waals surface area contributed by atoms with Crippen molar-refractivity contribution >= 4 is 5.91 Å². The van der Waals surface area contributed by atoms with Crippen LogP contribution in [-0.2, 0) is 22.6 Å². The highest BCUT2D eigenvalue weighted by atomic mass is 19.1. The molecule has 0 fully saturated rings. The molecule has 0 radical (unpaired) electrons. The molecule has 2 aromatic carbocycles. The summed E-state index contributed by atoms with van der Waals surface area (Å²) in [6.07, 6.45) is 3.50. The summed E-state index contributed by atoms with van der Waals surface area (Å²) in [6.45, 7) is 4.36. The molecule has 0 saturated heterocycles. The van der Waals surface area contributed by atoms with E-state index in [0.717, 1.165) is 29.7 Å². The molecule has 0 bridgehead atoms. The SMILES string of the molecule is CC[C@@H](C(=O)N(CCCOC)Cc1cccn1Cc1cccc(F)c1)c1ccccc1. The molecular formula is C26H31FN2O2. The minimum absolute atomic E-state index is 0.128. The van der Waals surface area contributed by atoms with Crippen molar-refractivity contribution in [3.05, 3.63) is 95.6 Å². The molecule has 1 atom stereocenters. The molecule has 0 unspecified atom stereocenters. The van der Waals surface area contributed by atoms with Crippen LogP contribution in [0.1, 0.15) is 42.5 Å². The van der Waals surface area contributed by atoms with E-state index in [2.05, 4.69) is 11.5 Å². The zero-order chi connectivity index (χ0) is 22.1. The molecule has 0 aliphatic carbocycles. The Bertz CT molecular complexity index is 955. The van der Waals surface area contributed by atoms with E-state index < -0.39 is 0 Å². The van der Waals surface area contributed by atoms with Crippen LogP contribution in [0.4, 0.5) is 4.39 Å². The molecule has 0 aliphatic rings. The lowest BCUT2D eigenvalue weighted by Crippen LogP contribution is -2.36. The van der Waals surface area contributed by atoms with E-state index in [1.54, 1.807) is 19.2 Å². The van der Waals surface area contributed by atoms with Gasteiger partial charge in [0.15, 0.2) is 0 Å². The van der Waals surface area contributed by atoms with Crippen molar-refractivity contribution in [2.24, 2.45) is 0 Å². The number of carbonyl (C=O) groups is 1. The second kappa shape index (κ2) is 11.5. The Hall–Kier alpha value is -2.92. The number of hydrogen-bond acceptors (Lipinski definition) is 2. The first-order valence-corrected chi connectivity index (χ1v) is 10.8. The van der Waals surface area contributed by atoms with E-state index in [9.17, 15) is 9.18 Å². The van der Waals surface area contributed by atoms with Crippen molar-refractivity contribution in [3.8, 4) is 0 Å². The third kappa shape index (κ3) is 6.28. The number of nitrogens with zero attached hydrogens (tertiary/aromatic N) is 2. The lowest BCUT2D eigenvalue weighted by atomic mass is 9.95. The van der Waals surface area contributed by atoms with Gasteiger partial charge in [0, 0.05) is 38.7 Å².